The number of aromatic nitrogens is 4. The Bertz CT molecular complexity index is 1550. The zero-order valence-electron chi connectivity index (χ0n) is 24.0. The van der Waals surface area contributed by atoms with Crippen LogP contribution in [0, 0.1) is 16.6 Å². The molecular weight excluding hydrogens is 523 g/mol. The molecule has 2 aromatic carbocycles. The number of ether oxygens (including phenoxy) is 1. The van der Waals surface area contributed by atoms with Gasteiger partial charge in [0.15, 0.2) is 23.2 Å². The number of H-pyrrole nitrogens is 1. The molecule has 0 aliphatic heterocycles. The van der Waals surface area contributed by atoms with Gasteiger partial charge in [-0.25, -0.2) is 14.2 Å². The summed E-state index contributed by atoms with van der Waals surface area (Å²) in [4.78, 5) is 22.0. The molecule has 41 heavy (non-hydrogen) atoms. The zero-order chi connectivity index (χ0) is 29.7. The van der Waals surface area contributed by atoms with Crippen molar-refractivity contribution >= 4 is 11.5 Å². The number of hydrogen-bond donors (Lipinski definition) is 4. The highest BCUT2D eigenvalue weighted by Gasteiger charge is 2.27. The molecule has 2 heterocycles. The minimum atomic E-state index is -0.889. The fourth-order valence-electron chi connectivity index (χ4n) is 4.68. The number of anilines is 1. The maximum Gasteiger partial charge on any atom is 0.349 e. The van der Waals surface area contributed by atoms with Gasteiger partial charge in [0.05, 0.1) is 6.61 Å². The summed E-state index contributed by atoms with van der Waals surface area (Å²) in [6.45, 7) is 7.20. The largest absolute Gasteiger partial charge is 0.490 e. The number of rotatable bonds is 12. The average Bonchev–Trinajstić information content (AvgIpc) is 3.32. The Morgan fingerprint density at radius 3 is 2.56 bits per heavy atom. The lowest BCUT2D eigenvalue weighted by Gasteiger charge is -2.28. The maximum atomic E-state index is 16.3. The number of pyridine rings is 1. The predicted molar refractivity (Wildman–Crippen MR) is 159 cm³/mol. The fourth-order valence-corrected chi connectivity index (χ4v) is 4.68. The predicted octanol–water partition coefficient (Wildman–Crippen LogP) is 4.11. The number of aromatic amines is 1. The van der Waals surface area contributed by atoms with Crippen LogP contribution in [0.4, 0.5) is 10.1 Å². The van der Waals surface area contributed by atoms with Crippen molar-refractivity contribution in [2.75, 3.05) is 32.6 Å². The van der Waals surface area contributed by atoms with Crippen LogP contribution in [0.15, 0.2) is 65.6 Å². The van der Waals surface area contributed by atoms with E-state index in [1.165, 1.54) is 0 Å². The van der Waals surface area contributed by atoms with Crippen LogP contribution in [0.1, 0.15) is 49.3 Å². The van der Waals surface area contributed by atoms with Gasteiger partial charge < -0.3 is 20.7 Å². The number of aryl methyl sites for hydroxylation is 1. The van der Waals surface area contributed by atoms with Crippen LogP contribution in [-0.4, -0.2) is 57.7 Å². The molecule has 0 spiro atoms. The SMILES string of the molecule is CCc1cc(OCC(C)(C)CN(C)C)c(F)c(C(Nc2ccc(C(=N)N)cc2)c2nn(-c3ccccn3)c(=O)[nH]2)c1. The fraction of sp³-hybridized carbons (Fsp3) is 0.333. The first-order chi connectivity index (χ1) is 19.5. The summed E-state index contributed by atoms with van der Waals surface area (Å²) in [7, 11) is 3.98. The monoisotopic (exact) mass is 560 g/mol. The molecule has 2 aromatic heterocycles. The van der Waals surface area contributed by atoms with E-state index in [1.54, 1.807) is 60.8 Å². The summed E-state index contributed by atoms with van der Waals surface area (Å²) in [5.74, 6) is 0.0550. The van der Waals surface area contributed by atoms with Gasteiger partial charge in [-0.2, -0.15) is 4.68 Å². The topological polar surface area (TPSA) is 138 Å². The third-order valence-corrected chi connectivity index (χ3v) is 6.49. The van der Waals surface area contributed by atoms with Gasteiger partial charge in [0, 0.05) is 35.0 Å². The van der Waals surface area contributed by atoms with Crippen molar-refractivity contribution in [3.63, 3.8) is 0 Å². The highest BCUT2D eigenvalue weighted by atomic mass is 19.1. The Kier molecular flexibility index (Phi) is 8.87. The average molecular weight is 561 g/mol. The lowest BCUT2D eigenvalue weighted by atomic mass is 9.94. The molecule has 0 amide bonds. The van der Waals surface area contributed by atoms with E-state index >= 15 is 4.39 Å². The quantitative estimate of drug-likeness (QED) is 0.151. The Morgan fingerprint density at radius 1 is 1.22 bits per heavy atom. The zero-order valence-corrected chi connectivity index (χ0v) is 24.0. The molecule has 0 radical (unpaired) electrons. The second-order valence-corrected chi connectivity index (χ2v) is 11.0. The van der Waals surface area contributed by atoms with Crippen LogP contribution in [0.2, 0.25) is 0 Å². The number of nitrogens with two attached hydrogens (primary N) is 1. The second-order valence-electron chi connectivity index (χ2n) is 11.0. The number of nitrogens with zero attached hydrogens (tertiary/aromatic N) is 4. The third-order valence-electron chi connectivity index (χ3n) is 6.49. The lowest BCUT2D eigenvalue weighted by Crippen LogP contribution is -2.33. The molecule has 0 aliphatic rings. The normalized spacial score (nSPS) is 12.4. The van der Waals surface area contributed by atoms with E-state index < -0.39 is 17.5 Å². The molecule has 4 aromatic rings. The summed E-state index contributed by atoms with van der Waals surface area (Å²) in [6, 6.07) is 14.6. The van der Waals surface area contributed by atoms with Gasteiger partial charge in [0.2, 0.25) is 0 Å². The van der Waals surface area contributed by atoms with Crippen molar-refractivity contribution < 1.29 is 9.13 Å². The van der Waals surface area contributed by atoms with Crippen molar-refractivity contribution in [2.24, 2.45) is 11.1 Å². The molecule has 10 nitrogen and oxygen atoms in total. The van der Waals surface area contributed by atoms with Gasteiger partial charge >= 0.3 is 5.69 Å². The molecule has 216 valence electrons. The van der Waals surface area contributed by atoms with Crippen LogP contribution in [0.3, 0.4) is 0 Å². The van der Waals surface area contributed by atoms with Gasteiger partial charge in [-0.3, -0.25) is 10.4 Å². The standard InChI is InChI=1S/C30H37FN8O2/c1-6-19-15-22(25(31)23(16-19)41-18-30(2,3)17-38(4)5)26(35-21-12-10-20(11-13-21)27(32)33)28-36-29(40)39(37-28)24-9-7-8-14-34-24/h7-16,26,35H,6,17-18H2,1-5H3,(H3,32,33)(H,36,37,40). The summed E-state index contributed by atoms with van der Waals surface area (Å²) >= 11 is 0. The first-order valence-electron chi connectivity index (χ1n) is 13.4. The number of halogens is 1. The molecule has 4 rings (SSSR count). The molecule has 5 N–H and O–H groups in total. The number of nitrogens with one attached hydrogen (secondary N) is 3. The van der Waals surface area contributed by atoms with E-state index in [9.17, 15) is 4.79 Å². The molecule has 0 saturated heterocycles. The van der Waals surface area contributed by atoms with Crippen LogP contribution in [-0.2, 0) is 6.42 Å². The summed E-state index contributed by atoms with van der Waals surface area (Å²) in [6.07, 6.45) is 2.21. The second kappa shape index (κ2) is 12.3. The van der Waals surface area contributed by atoms with Gasteiger partial charge in [0.1, 0.15) is 11.9 Å². The first kappa shape index (κ1) is 29.5. The minimum absolute atomic E-state index is 0.0628. The Balaban J connectivity index is 1.80. The van der Waals surface area contributed by atoms with Crippen molar-refractivity contribution in [3.05, 3.63) is 99.6 Å². The van der Waals surface area contributed by atoms with Gasteiger partial charge in [-0.15, -0.1) is 5.10 Å². The van der Waals surface area contributed by atoms with Gasteiger partial charge in [-0.1, -0.05) is 32.9 Å². The first-order valence-corrected chi connectivity index (χ1v) is 13.4. The smallest absolute Gasteiger partial charge is 0.349 e. The van der Waals surface area contributed by atoms with Crippen molar-refractivity contribution in [2.45, 2.75) is 33.2 Å². The van der Waals surface area contributed by atoms with E-state index in [0.29, 0.717) is 30.1 Å². The van der Waals surface area contributed by atoms with Crippen molar-refractivity contribution in [1.29, 1.82) is 5.41 Å². The number of amidine groups is 1. The van der Waals surface area contributed by atoms with Crippen molar-refractivity contribution in [3.8, 4) is 11.6 Å². The Hall–Kier alpha value is -4.51. The molecule has 0 aliphatic carbocycles. The Labute approximate surface area is 238 Å². The molecular formula is C30H37FN8O2. The van der Waals surface area contributed by atoms with E-state index in [1.807, 2.05) is 21.0 Å². The van der Waals surface area contributed by atoms with E-state index in [0.717, 1.165) is 16.8 Å². The van der Waals surface area contributed by atoms with E-state index in [2.05, 4.69) is 39.1 Å². The van der Waals surface area contributed by atoms with Crippen LogP contribution >= 0.6 is 0 Å². The Morgan fingerprint density at radius 2 is 1.95 bits per heavy atom. The number of benzene rings is 2. The van der Waals surface area contributed by atoms with Gasteiger partial charge in [-0.05, 0) is 68.5 Å². The maximum absolute atomic E-state index is 16.3. The van der Waals surface area contributed by atoms with Crippen LogP contribution < -0.4 is 21.5 Å². The summed E-state index contributed by atoms with van der Waals surface area (Å²) < 4.78 is 23.5. The summed E-state index contributed by atoms with van der Waals surface area (Å²) in [5, 5.41) is 15.5. The van der Waals surface area contributed by atoms with Crippen LogP contribution in [0.25, 0.3) is 5.82 Å². The molecule has 1 unspecified atom stereocenters. The lowest BCUT2D eigenvalue weighted by molar-refractivity contribution is 0.137. The molecule has 0 fully saturated rings. The van der Waals surface area contributed by atoms with Crippen LogP contribution in [0.5, 0.6) is 5.75 Å². The van der Waals surface area contributed by atoms with Gasteiger partial charge in [0.25, 0.3) is 0 Å². The highest BCUT2D eigenvalue weighted by molar-refractivity contribution is 5.95. The number of hydrogen-bond acceptors (Lipinski definition) is 7. The van der Waals surface area contributed by atoms with E-state index in [-0.39, 0.29) is 28.4 Å². The number of nitrogen functional groups attached to an aromatic ring is 1. The molecule has 11 heteroatoms. The van der Waals surface area contributed by atoms with Crippen molar-refractivity contribution in [1.82, 2.24) is 24.6 Å². The third kappa shape index (κ3) is 7.17. The summed E-state index contributed by atoms with van der Waals surface area (Å²) in [5.41, 5.74) is 7.18. The molecule has 0 saturated carbocycles. The highest BCUT2D eigenvalue weighted by Crippen LogP contribution is 2.33. The molecule has 1 atom stereocenters. The van der Waals surface area contributed by atoms with E-state index in [4.69, 9.17) is 15.9 Å². The minimum Gasteiger partial charge on any atom is -0.490 e. The molecule has 0 bridgehead atoms.